The topological polar surface area (TPSA) is 98.7 Å². The second kappa shape index (κ2) is 8.47. The van der Waals surface area contributed by atoms with Crippen molar-refractivity contribution in [3.8, 4) is 5.75 Å². The van der Waals surface area contributed by atoms with Crippen LogP contribution in [-0.4, -0.2) is 40.3 Å². The fraction of sp³-hybridized carbons (Fsp3) is 0.250. The molecule has 0 unspecified atom stereocenters. The van der Waals surface area contributed by atoms with Gasteiger partial charge in [-0.25, -0.2) is 0 Å². The van der Waals surface area contributed by atoms with Crippen molar-refractivity contribution in [2.45, 2.75) is 24.4 Å². The Morgan fingerprint density at radius 1 is 0.917 bits per heavy atom. The Balaban J connectivity index is 1.40. The molecule has 0 aliphatic carbocycles. The van der Waals surface area contributed by atoms with Crippen LogP contribution < -0.4 is 10.6 Å². The van der Waals surface area contributed by atoms with E-state index in [4.69, 9.17) is 11.6 Å². The van der Waals surface area contributed by atoms with Crippen LogP contribution in [0.3, 0.4) is 0 Å². The third-order valence-corrected chi connectivity index (χ3v) is 7.86. The number of benzene rings is 3. The highest BCUT2D eigenvalue weighted by molar-refractivity contribution is 6.31. The third-order valence-electron chi connectivity index (χ3n) is 7.63. The SMILES string of the molecule is O=C1[C@@H]2[C@H](Cc3ccc(O)cc3)N[C@@]3(C(=O)Nc4ccc(Cl)cc43)[C@@H]2C(=O)N1CCc1ccccc1. The molecule has 3 amide bonds. The van der Waals surface area contributed by atoms with Crippen molar-refractivity contribution in [1.82, 2.24) is 10.2 Å². The molecule has 182 valence electrons. The van der Waals surface area contributed by atoms with Crippen molar-refractivity contribution in [2.24, 2.45) is 11.8 Å². The van der Waals surface area contributed by atoms with Crippen LogP contribution in [0.25, 0.3) is 0 Å². The Morgan fingerprint density at radius 2 is 1.67 bits per heavy atom. The maximum Gasteiger partial charge on any atom is 0.250 e. The summed E-state index contributed by atoms with van der Waals surface area (Å²) < 4.78 is 0. The van der Waals surface area contributed by atoms with Crippen LogP contribution in [0.4, 0.5) is 5.69 Å². The number of fused-ring (bicyclic) bond motifs is 4. The minimum atomic E-state index is -1.39. The highest BCUT2D eigenvalue weighted by Gasteiger charge is 2.70. The molecule has 3 aromatic rings. The molecule has 3 aliphatic heterocycles. The summed E-state index contributed by atoms with van der Waals surface area (Å²) in [7, 11) is 0. The molecule has 3 heterocycles. The molecule has 0 saturated carbocycles. The molecule has 1 spiro atoms. The van der Waals surface area contributed by atoms with Gasteiger partial charge in [-0.05, 0) is 54.3 Å². The van der Waals surface area contributed by atoms with Gasteiger partial charge < -0.3 is 10.4 Å². The maximum absolute atomic E-state index is 13.9. The smallest absolute Gasteiger partial charge is 0.250 e. The minimum absolute atomic E-state index is 0.144. The molecule has 0 bridgehead atoms. The van der Waals surface area contributed by atoms with Gasteiger partial charge >= 0.3 is 0 Å². The summed E-state index contributed by atoms with van der Waals surface area (Å²) in [5.74, 6) is -2.42. The number of nitrogens with one attached hydrogen (secondary N) is 2. The first-order valence-corrected chi connectivity index (χ1v) is 12.3. The van der Waals surface area contributed by atoms with Crippen LogP contribution in [0.15, 0.2) is 72.8 Å². The first-order chi connectivity index (χ1) is 17.4. The zero-order valence-electron chi connectivity index (χ0n) is 19.3. The van der Waals surface area contributed by atoms with E-state index in [2.05, 4.69) is 10.6 Å². The van der Waals surface area contributed by atoms with E-state index < -0.39 is 23.4 Å². The molecule has 0 aromatic heterocycles. The van der Waals surface area contributed by atoms with E-state index in [0.29, 0.717) is 29.1 Å². The molecule has 3 N–H and O–H groups in total. The lowest BCUT2D eigenvalue weighted by Crippen LogP contribution is -2.53. The normalized spacial score (nSPS) is 26.4. The molecular formula is C28H24ClN3O4. The molecule has 6 rings (SSSR count). The van der Waals surface area contributed by atoms with Crippen molar-refractivity contribution in [3.63, 3.8) is 0 Å². The summed E-state index contributed by atoms with van der Waals surface area (Å²) in [6, 6.07) is 21.1. The minimum Gasteiger partial charge on any atom is -0.508 e. The van der Waals surface area contributed by atoms with E-state index >= 15 is 0 Å². The van der Waals surface area contributed by atoms with Crippen LogP contribution in [-0.2, 0) is 32.8 Å². The number of phenols is 1. The lowest BCUT2D eigenvalue weighted by molar-refractivity contribution is -0.142. The van der Waals surface area contributed by atoms with Crippen LogP contribution in [0, 0.1) is 11.8 Å². The number of halogens is 1. The monoisotopic (exact) mass is 501 g/mol. The first-order valence-electron chi connectivity index (χ1n) is 11.9. The predicted molar refractivity (Wildman–Crippen MR) is 134 cm³/mol. The Labute approximate surface area is 213 Å². The van der Waals surface area contributed by atoms with Crippen molar-refractivity contribution >= 4 is 35.0 Å². The summed E-state index contributed by atoms with van der Waals surface area (Å²) in [5.41, 5.74) is 1.70. The quantitative estimate of drug-likeness (QED) is 0.466. The van der Waals surface area contributed by atoms with E-state index in [0.717, 1.165) is 11.1 Å². The van der Waals surface area contributed by atoms with Gasteiger partial charge in [-0.3, -0.25) is 24.6 Å². The number of amides is 3. The lowest BCUT2D eigenvalue weighted by atomic mass is 9.76. The van der Waals surface area contributed by atoms with Gasteiger partial charge in [0.15, 0.2) is 0 Å². The molecule has 4 atom stereocenters. The molecule has 36 heavy (non-hydrogen) atoms. The number of carbonyl (C=O) groups excluding carboxylic acids is 3. The van der Waals surface area contributed by atoms with Crippen molar-refractivity contribution < 1.29 is 19.5 Å². The summed E-state index contributed by atoms with van der Waals surface area (Å²) in [5, 5.41) is 16.4. The number of anilines is 1. The van der Waals surface area contributed by atoms with Gasteiger partial charge in [0.2, 0.25) is 17.7 Å². The summed E-state index contributed by atoms with van der Waals surface area (Å²) in [6.07, 6.45) is 0.952. The molecule has 7 nitrogen and oxygen atoms in total. The van der Waals surface area contributed by atoms with E-state index in [1.807, 2.05) is 30.3 Å². The molecule has 8 heteroatoms. The van der Waals surface area contributed by atoms with E-state index in [-0.39, 0.29) is 30.0 Å². The first kappa shape index (κ1) is 22.8. The van der Waals surface area contributed by atoms with Gasteiger partial charge in [-0.15, -0.1) is 0 Å². The zero-order chi connectivity index (χ0) is 25.0. The number of hydrogen-bond acceptors (Lipinski definition) is 5. The number of aromatic hydroxyl groups is 1. The standard InChI is InChI=1S/C28H24ClN3O4/c29-18-8-11-21-20(15-18)28(27(36)30-21)24-23(22(31-28)14-17-6-9-19(33)10-7-17)25(34)32(26(24)35)13-12-16-4-2-1-3-5-16/h1-11,15,22-24,31,33H,12-14H2,(H,30,36)/t22-,23+,24-,28+/m0/s1. The highest BCUT2D eigenvalue weighted by Crippen LogP contribution is 2.53. The molecule has 3 aromatic carbocycles. The number of hydrogen-bond donors (Lipinski definition) is 3. The van der Waals surface area contributed by atoms with Gasteiger partial charge in [-0.2, -0.15) is 0 Å². The number of carbonyl (C=O) groups is 3. The van der Waals surface area contributed by atoms with Crippen molar-refractivity contribution in [2.75, 3.05) is 11.9 Å². The molecule has 3 aliphatic rings. The van der Waals surface area contributed by atoms with Crippen molar-refractivity contribution in [3.05, 3.63) is 94.5 Å². The summed E-state index contributed by atoms with van der Waals surface area (Å²) in [6.45, 7) is 0.251. The van der Waals surface area contributed by atoms with Gasteiger partial charge in [0, 0.05) is 28.9 Å². The Morgan fingerprint density at radius 3 is 2.42 bits per heavy atom. The molecular weight excluding hydrogens is 478 g/mol. The Hall–Kier alpha value is -3.68. The lowest BCUT2D eigenvalue weighted by Gasteiger charge is -2.29. The zero-order valence-corrected chi connectivity index (χ0v) is 20.0. The summed E-state index contributed by atoms with van der Waals surface area (Å²) >= 11 is 6.32. The number of nitrogens with zero attached hydrogens (tertiary/aromatic N) is 1. The molecule has 2 fully saturated rings. The molecule has 0 radical (unpaired) electrons. The maximum atomic E-state index is 13.9. The average molecular weight is 502 g/mol. The van der Waals surface area contributed by atoms with Crippen LogP contribution in [0.1, 0.15) is 16.7 Å². The highest BCUT2D eigenvalue weighted by atomic mass is 35.5. The van der Waals surface area contributed by atoms with Gasteiger partial charge in [0.25, 0.3) is 0 Å². The fourth-order valence-corrected chi connectivity index (χ4v) is 6.17. The number of imide groups is 1. The van der Waals surface area contributed by atoms with E-state index in [9.17, 15) is 19.5 Å². The van der Waals surface area contributed by atoms with Crippen LogP contribution >= 0.6 is 11.6 Å². The largest absolute Gasteiger partial charge is 0.508 e. The van der Waals surface area contributed by atoms with Gasteiger partial charge in [0.1, 0.15) is 11.3 Å². The summed E-state index contributed by atoms with van der Waals surface area (Å²) in [4.78, 5) is 42.5. The predicted octanol–water partition coefficient (Wildman–Crippen LogP) is 3.25. The average Bonchev–Trinajstić information content (AvgIpc) is 3.44. The third kappa shape index (κ3) is 3.42. The fourth-order valence-electron chi connectivity index (χ4n) is 6.00. The van der Waals surface area contributed by atoms with Crippen molar-refractivity contribution in [1.29, 1.82) is 0 Å². The van der Waals surface area contributed by atoms with Crippen LogP contribution in [0.5, 0.6) is 5.75 Å². The second-order valence-electron chi connectivity index (χ2n) is 9.64. The van der Waals surface area contributed by atoms with E-state index in [1.54, 1.807) is 42.5 Å². The van der Waals surface area contributed by atoms with Gasteiger partial charge in [-0.1, -0.05) is 54.1 Å². The van der Waals surface area contributed by atoms with E-state index in [1.165, 1.54) is 4.90 Å². The Bertz CT molecular complexity index is 1380. The Kier molecular flexibility index (Phi) is 5.35. The number of phenolic OH excluding ortho intramolecular Hbond substituents is 1. The van der Waals surface area contributed by atoms with Crippen LogP contribution in [0.2, 0.25) is 5.02 Å². The number of likely N-dealkylation sites (tertiary alicyclic amines) is 1. The number of rotatable bonds is 5. The second-order valence-corrected chi connectivity index (χ2v) is 10.1. The van der Waals surface area contributed by atoms with Gasteiger partial charge in [0.05, 0.1) is 11.8 Å². The molecule has 2 saturated heterocycles.